The van der Waals surface area contributed by atoms with Gasteiger partial charge in [0.25, 0.3) is 5.91 Å². The summed E-state index contributed by atoms with van der Waals surface area (Å²) in [7, 11) is 0. The molecule has 2 amide bonds. The van der Waals surface area contributed by atoms with Crippen molar-refractivity contribution in [3.8, 4) is 0 Å². The SMILES string of the molecule is CCC(=O)CC[C@H](NC(=O)c1ccc(Cl)cc1)C(N)=O. The summed E-state index contributed by atoms with van der Waals surface area (Å²) >= 11 is 5.73. The number of nitrogens with one attached hydrogen (secondary N) is 1. The highest BCUT2D eigenvalue weighted by molar-refractivity contribution is 6.30. The van der Waals surface area contributed by atoms with E-state index in [-0.39, 0.29) is 18.6 Å². The summed E-state index contributed by atoms with van der Waals surface area (Å²) in [4.78, 5) is 34.5. The number of carbonyl (C=O) groups excluding carboxylic acids is 3. The number of amides is 2. The van der Waals surface area contributed by atoms with Crippen LogP contribution in [0.4, 0.5) is 0 Å². The Kier molecular flexibility index (Phi) is 6.18. The van der Waals surface area contributed by atoms with Crippen LogP contribution < -0.4 is 11.1 Å². The average molecular weight is 297 g/mol. The highest BCUT2D eigenvalue weighted by Crippen LogP contribution is 2.10. The molecule has 1 aromatic rings. The van der Waals surface area contributed by atoms with Gasteiger partial charge < -0.3 is 11.1 Å². The van der Waals surface area contributed by atoms with Crippen molar-refractivity contribution >= 4 is 29.2 Å². The smallest absolute Gasteiger partial charge is 0.251 e. The molecule has 0 aliphatic rings. The predicted molar refractivity (Wildman–Crippen MR) is 76.4 cm³/mol. The number of benzene rings is 1. The van der Waals surface area contributed by atoms with Gasteiger partial charge in [0.2, 0.25) is 5.91 Å². The van der Waals surface area contributed by atoms with E-state index in [4.69, 9.17) is 17.3 Å². The first-order valence-corrected chi connectivity index (χ1v) is 6.69. The molecule has 1 rings (SSSR count). The lowest BCUT2D eigenvalue weighted by Crippen LogP contribution is -2.44. The second-order valence-corrected chi connectivity index (χ2v) is 4.80. The Morgan fingerprint density at radius 1 is 1.25 bits per heavy atom. The van der Waals surface area contributed by atoms with Gasteiger partial charge in [-0.15, -0.1) is 0 Å². The Bertz CT molecular complexity index is 500. The normalized spacial score (nSPS) is 11.7. The van der Waals surface area contributed by atoms with Crippen LogP contribution in [0.5, 0.6) is 0 Å². The van der Waals surface area contributed by atoms with E-state index in [9.17, 15) is 14.4 Å². The molecule has 0 bridgehead atoms. The van der Waals surface area contributed by atoms with Crippen molar-refractivity contribution in [1.82, 2.24) is 5.32 Å². The number of rotatable bonds is 7. The van der Waals surface area contributed by atoms with Crippen LogP contribution in [-0.4, -0.2) is 23.6 Å². The third-order valence-corrected chi connectivity index (χ3v) is 3.11. The number of hydrogen-bond acceptors (Lipinski definition) is 3. The largest absolute Gasteiger partial charge is 0.368 e. The maximum atomic E-state index is 11.9. The second kappa shape index (κ2) is 7.65. The molecule has 108 valence electrons. The van der Waals surface area contributed by atoms with Gasteiger partial charge in [-0.2, -0.15) is 0 Å². The van der Waals surface area contributed by atoms with Crippen molar-refractivity contribution in [3.05, 3.63) is 34.9 Å². The van der Waals surface area contributed by atoms with E-state index in [2.05, 4.69) is 5.32 Å². The minimum atomic E-state index is -0.853. The lowest BCUT2D eigenvalue weighted by Gasteiger charge is -2.15. The Balaban J connectivity index is 2.65. The Labute approximate surface area is 122 Å². The van der Waals surface area contributed by atoms with Crippen LogP contribution >= 0.6 is 11.6 Å². The van der Waals surface area contributed by atoms with Gasteiger partial charge in [-0.1, -0.05) is 18.5 Å². The molecule has 0 saturated carbocycles. The van der Waals surface area contributed by atoms with Crippen LogP contribution in [0.15, 0.2) is 24.3 Å². The van der Waals surface area contributed by atoms with Crippen LogP contribution in [0.2, 0.25) is 5.02 Å². The van der Waals surface area contributed by atoms with E-state index < -0.39 is 17.9 Å². The standard InChI is InChI=1S/C14H17ClN2O3/c1-2-11(18)7-8-12(13(16)19)17-14(20)9-3-5-10(15)6-4-9/h3-6,12H,2,7-8H2,1H3,(H2,16,19)(H,17,20)/t12-/m0/s1. The van der Waals surface area contributed by atoms with Crippen LogP contribution in [0.3, 0.4) is 0 Å². The maximum absolute atomic E-state index is 11.9. The Hall–Kier alpha value is -1.88. The molecule has 0 spiro atoms. The van der Waals surface area contributed by atoms with E-state index in [0.717, 1.165) is 0 Å². The summed E-state index contributed by atoms with van der Waals surface area (Å²) in [6, 6.07) is 5.40. The fourth-order valence-electron chi connectivity index (χ4n) is 1.61. The summed E-state index contributed by atoms with van der Waals surface area (Å²) in [5, 5.41) is 3.04. The number of primary amides is 1. The zero-order valence-corrected chi connectivity index (χ0v) is 11.9. The molecule has 3 N–H and O–H groups in total. The van der Waals surface area contributed by atoms with E-state index in [1.807, 2.05) is 0 Å². The molecular weight excluding hydrogens is 280 g/mol. The van der Waals surface area contributed by atoms with Crippen molar-refractivity contribution in [2.45, 2.75) is 32.2 Å². The van der Waals surface area contributed by atoms with E-state index in [0.29, 0.717) is 17.0 Å². The summed E-state index contributed by atoms with van der Waals surface area (Å²) in [5.74, 6) is -1.05. The van der Waals surface area contributed by atoms with Crippen molar-refractivity contribution in [3.63, 3.8) is 0 Å². The average Bonchev–Trinajstić information content (AvgIpc) is 2.43. The molecular formula is C14H17ClN2O3. The summed E-state index contributed by atoms with van der Waals surface area (Å²) in [5.41, 5.74) is 5.61. The number of halogens is 1. The van der Waals surface area contributed by atoms with Crippen molar-refractivity contribution in [2.24, 2.45) is 5.73 Å². The first-order chi connectivity index (χ1) is 9.43. The third kappa shape index (κ3) is 5.01. The van der Waals surface area contributed by atoms with Gasteiger partial charge >= 0.3 is 0 Å². The molecule has 5 nitrogen and oxygen atoms in total. The summed E-state index contributed by atoms with van der Waals surface area (Å²) < 4.78 is 0. The Morgan fingerprint density at radius 2 is 1.85 bits per heavy atom. The maximum Gasteiger partial charge on any atom is 0.251 e. The van der Waals surface area contributed by atoms with E-state index in [1.54, 1.807) is 31.2 Å². The van der Waals surface area contributed by atoms with Gasteiger partial charge in [-0.05, 0) is 30.7 Å². The second-order valence-electron chi connectivity index (χ2n) is 4.37. The topological polar surface area (TPSA) is 89.3 Å². The zero-order chi connectivity index (χ0) is 15.1. The first-order valence-electron chi connectivity index (χ1n) is 6.31. The molecule has 0 heterocycles. The summed E-state index contributed by atoms with van der Waals surface area (Å²) in [6.07, 6.45) is 0.822. The van der Waals surface area contributed by atoms with Crippen molar-refractivity contribution in [1.29, 1.82) is 0 Å². The lowest BCUT2D eigenvalue weighted by atomic mass is 10.1. The predicted octanol–water partition coefficient (Wildman–Crippen LogP) is 1.68. The molecule has 0 saturated heterocycles. The van der Waals surface area contributed by atoms with Gasteiger partial charge in [-0.3, -0.25) is 14.4 Å². The minimum absolute atomic E-state index is 0.0250. The van der Waals surface area contributed by atoms with Gasteiger partial charge in [0.05, 0.1) is 0 Å². The van der Waals surface area contributed by atoms with Crippen molar-refractivity contribution in [2.75, 3.05) is 0 Å². The molecule has 20 heavy (non-hydrogen) atoms. The summed E-state index contributed by atoms with van der Waals surface area (Å²) in [6.45, 7) is 1.74. The fraction of sp³-hybridized carbons (Fsp3) is 0.357. The lowest BCUT2D eigenvalue weighted by molar-refractivity contribution is -0.121. The van der Waals surface area contributed by atoms with Gasteiger partial charge in [-0.25, -0.2) is 0 Å². The van der Waals surface area contributed by atoms with Gasteiger partial charge in [0, 0.05) is 23.4 Å². The van der Waals surface area contributed by atoms with Crippen LogP contribution in [0.1, 0.15) is 36.5 Å². The first kappa shape index (κ1) is 16.2. The molecule has 0 aromatic heterocycles. The van der Waals surface area contributed by atoms with E-state index >= 15 is 0 Å². The van der Waals surface area contributed by atoms with Crippen LogP contribution in [0.25, 0.3) is 0 Å². The van der Waals surface area contributed by atoms with Crippen LogP contribution in [0, 0.1) is 0 Å². The number of ketones is 1. The fourth-order valence-corrected chi connectivity index (χ4v) is 1.74. The third-order valence-electron chi connectivity index (χ3n) is 2.86. The van der Waals surface area contributed by atoms with Crippen LogP contribution in [-0.2, 0) is 9.59 Å². The molecule has 0 aliphatic carbocycles. The monoisotopic (exact) mass is 296 g/mol. The van der Waals surface area contributed by atoms with Crippen molar-refractivity contribution < 1.29 is 14.4 Å². The molecule has 0 unspecified atom stereocenters. The molecule has 6 heteroatoms. The number of carbonyl (C=O) groups is 3. The zero-order valence-electron chi connectivity index (χ0n) is 11.2. The van der Waals surface area contributed by atoms with Gasteiger partial charge in [0.1, 0.15) is 11.8 Å². The minimum Gasteiger partial charge on any atom is -0.368 e. The highest BCUT2D eigenvalue weighted by Gasteiger charge is 2.19. The number of nitrogens with two attached hydrogens (primary N) is 1. The van der Waals surface area contributed by atoms with Gasteiger partial charge in [0.15, 0.2) is 0 Å². The quantitative estimate of drug-likeness (QED) is 0.802. The van der Waals surface area contributed by atoms with E-state index in [1.165, 1.54) is 0 Å². The molecule has 1 aromatic carbocycles. The molecule has 0 radical (unpaired) electrons. The molecule has 0 aliphatic heterocycles. The molecule has 1 atom stereocenters. The Morgan fingerprint density at radius 3 is 2.35 bits per heavy atom. The highest BCUT2D eigenvalue weighted by atomic mass is 35.5. The number of hydrogen-bond donors (Lipinski definition) is 2. The molecule has 0 fully saturated rings. The number of Topliss-reactive ketones (excluding diaryl/α,β-unsaturated/α-hetero) is 1.